The first-order chi connectivity index (χ1) is 39.4. The third kappa shape index (κ3) is 25.3. The SMILES string of the molecule is CCCCCCC=CCCCCCCCCCC(=O)N[C@@H](CO[C@@H]1O[C@H](CO)[C@@H](O[C@@H]2O[C@H](CO)[C@H](O)[C@H](O[C@]3(C(=O)O)C[C@H](O)[C@@H](NC(C)=O)C([C@H](O)[C@H](O)CO)O3)[C@H]2O)[C@H](O)[C@H]1O)[C@H](O)C=CCCCCCCCCCCCCC. The molecule has 3 rings (SSSR count). The molecule has 3 saturated heterocycles. The van der Waals surface area contributed by atoms with E-state index in [-0.39, 0.29) is 12.3 Å². The summed E-state index contributed by atoms with van der Waals surface area (Å²) < 4.78 is 34.7. The Hall–Kier alpha value is -2.79. The number of ether oxygens (including phenoxy) is 6. The quantitative estimate of drug-likeness (QED) is 0.0308. The second-order valence-corrected chi connectivity index (χ2v) is 22.6. The van der Waals surface area contributed by atoms with Gasteiger partial charge in [0.05, 0.1) is 50.7 Å². The zero-order valence-corrected chi connectivity index (χ0v) is 49.1. The standard InChI is InChI=1S/C59H106N2O21/c1-4-6-8-10-12-14-16-18-19-21-23-25-27-29-31-33-46(69)61-40(41(66)32-30-28-26-24-22-20-17-15-13-11-9-7-5-2)38-77-56-51(73)50(72)53(45(37-64)79-56)80-57-52(74)55(49(71)44(36-63)78-57)82-59(58(75)76)34-42(67)47(60-39(3)65)54(81-59)48(70)43(68)35-62/h14,16,30,32,40-45,47-57,62-64,66-68,70-74H,4-13,15,17-29,31,33-38H2,1-3H3,(H,60,65)(H,61,69)(H,75,76)/t40-,41+,42-,43+,44+,45+,47+,48+,49-,50+,51+,52+,53+,54?,55-,56+,57-,59-/m0/s1. The average Bonchev–Trinajstić information content (AvgIpc) is 3.03. The molecule has 3 fully saturated rings. The van der Waals surface area contributed by atoms with Crippen LogP contribution in [0.4, 0.5) is 0 Å². The van der Waals surface area contributed by atoms with Crippen molar-refractivity contribution in [3.8, 4) is 0 Å². The van der Waals surface area contributed by atoms with Crippen LogP contribution in [0.3, 0.4) is 0 Å². The van der Waals surface area contributed by atoms with Gasteiger partial charge in [-0.15, -0.1) is 0 Å². The Labute approximate surface area is 485 Å². The number of aliphatic carboxylic acids is 1. The Morgan fingerprint density at radius 2 is 1.15 bits per heavy atom. The molecular formula is C59H106N2O21. The van der Waals surface area contributed by atoms with E-state index in [1.165, 1.54) is 77.0 Å². The zero-order valence-electron chi connectivity index (χ0n) is 49.1. The van der Waals surface area contributed by atoms with Crippen molar-refractivity contribution in [3.05, 3.63) is 24.3 Å². The fraction of sp³-hybridized carbons (Fsp3) is 0.881. The van der Waals surface area contributed by atoms with E-state index in [4.69, 9.17) is 28.4 Å². The van der Waals surface area contributed by atoms with E-state index in [0.29, 0.717) is 12.8 Å². The largest absolute Gasteiger partial charge is 0.477 e. The summed E-state index contributed by atoms with van der Waals surface area (Å²) in [5.74, 6) is -6.15. The molecule has 14 N–H and O–H groups in total. The third-order valence-electron chi connectivity index (χ3n) is 15.6. The summed E-state index contributed by atoms with van der Waals surface area (Å²) in [5, 5.41) is 135. The fourth-order valence-electron chi connectivity index (χ4n) is 10.6. The zero-order chi connectivity index (χ0) is 60.5. The average molecular weight is 1180 g/mol. The summed E-state index contributed by atoms with van der Waals surface area (Å²) in [6.07, 6.45) is 6.71. The highest BCUT2D eigenvalue weighted by molar-refractivity contribution is 5.77. The fourth-order valence-corrected chi connectivity index (χ4v) is 10.6. The van der Waals surface area contributed by atoms with Gasteiger partial charge in [-0.05, 0) is 44.9 Å². The lowest BCUT2D eigenvalue weighted by atomic mass is 9.88. The number of unbranched alkanes of at least 4 members (excludes halogenated alkanes) is 22. The van der Waals surface area contributed by atoms with Crippen LogP contribution >= 0.6 is 0 Å². The van der Waals surface area contributed by atoms with E-state index in [0.717, 1.165) is 77.6 Å². The molecule has 0 aromatic heterocycles. The number of allylic oxidation sites excluding steroid dienone is 3. The van der Waals surface area contributed by atoms with E-state index in [1.807, 2.05) is 6.08 Å². The number of hydrogen-bond acceptors (Lipinski definition) is 20. The maximum Gasteiger partial charge on any atom is 0.364 e. The molecule has 1 unspecified atom stereocenters. The number of carbonyl (C=O) groups is 3. The van der Waals surface area contributed by atoms with Crippen molar-refractivity contribution >= 4 is 17.8 Å². The van der Waals surface area contributed by atoms with Crippen molar-refractivity contribution in [1.82, 2.24) is 10.6 Å². The molecule has 3 aliphatic heterocycles. The minimum Gasteiger partial charge on any atom is -0.477 e. The maximum atomic E-state index is 13.4. The van der Waals surface area contributed by atoms with E-state index in [2.05, 4.69) is 36.6 Å². The summed E-state index contributed by atoms with van der Waals surface area (Å²) in [7, 11) is 0. The van der Waals surface area contributed by atoms with Crippen LogP contribution in [0.25, 0.3) is 0 Å². The van der Waals surface area contributed by atoms with Crippen molar-refractivity contribution in [3.63, 3.8) is 0 Å². The Morgan fingerprint density at radius 3 is 1.67 bits per heavy atom. The molecule has 0 saturated carbocycles. The van der Waals surface area contributed by atoms with E-state index in [1.54, 1.807) is 6.08 Å². The molecule has 23 heteroatoms. The molecule has 82 heavy (non-hydrogen) atoms. The van der Waals surface area contributed by atoms with Gasteiger partial charge in [0.25, 0.3) is 5.79 Å². The monoisotopic (exact) mass is 1180 g/mol. The van der Waals surface area contributed by atoms with Gasteiger partial charge in [0.15, 0.2) is 12.6 Å². The van der Waals surface area contributed by atoms with Crippen molar-refractivity contribution in [2.24, 2.45) is 0 Å². The van der Waals surface area contributed by atoms with Crippen molar-refractivity contribution in [2.45, 2.75) is 304 Å². The van der Waals surface area contributed by atoms with Crippen LogP contribution in [0.2, 0.25) is 0 Å². The number of carboxylic acid groups (broad SMARTS) is 1. The molecule has 0 spiro atoms. The predicted molar refractivity (Wildman–Crippen MR) is 301 cm³/mol. The lowest BCUT2D eigenvalue weighted by Gasteiger charge is -2.50. The first-order valence-electron chi connectivity index (χ1n) is 30.7. The Balaban J connectivity index is 1.67. The Kier molecular flexibility index (Phi) is 37.0. The van der Waals surface area contributed by atoms with Gasteiger partial charge in [-0.2, -0.15) is 0 Å². The van der Waals surface area contributed by atoms with Crippen LogP contribution in [0, 0.1) is 0 Å². The van der Waals surface area contributed by atoms with Gasteiger partial charge in [0.1, 0.15) is 67.1 Å². The number of nitrogens with one attached hydrogen (secondary N) is 2. The van der Waals surface area contributed by atoms with Crippen LogP contribution in [-0.4, -0.2) is 215 Å². The number of amides is 2. The summed E-state index contributed by atoms with van der Waals surface area (Å²) >= 11 is 0. The number of rotatable bonds is 44. The van der Waals surface area contributed by atoms with Gasteiger partial charge in [0, 0.05) is 19.8 Å². The van der Waals surface area contributed by atoms with Crippen molar-refractivity contribution < 1.29 is 104 Å². The Morgan fingerprint density at radius 1 is 0.634 bits per heavy atom. The van der Waals surface area contributed by atoms with Gasteiger partial charge in [-0.3, -0.25) is 9.59 Å². The number of hydrogen-bond donors (Lipinski definition) is 14. The maximum absolute atomic E-state index is 13.4. The smallest absolute Gasteiger partial charge is 0.364 e. The van der Waals surface area contributed by atoms with Gasteiger partial charge in [-0.25, -0.2) is 4.79 Å². The highest BCUT2D eigenvalue weighted by Crippen LogP contribution is 2.38. The summed E-state index contributed by atoms with van der Waals surface area (Å²) in [6.45, 7) is 2.07. The van der Waals surface area contributed by atoms with Crippen LogP contribution in [0.5, 0.6) is 0 Å². The summed E-state index contributed by atoms with van der Waals surface area (Å²) in [6, 6.07) is -2.62. The second-order valence-electron chi connectivity index (χ2n) is 22.6. The van der Waals surface area contributed by atoms with Crippen molar-refractivity contribution in [2.75, 3.05) is 26.4 Å². The molecule has 23 nitrogen and oxygen atoms in total. The van der Waals surface area contributed by atoms with E-state index in [9.17, 15) is 75.7 Å². The molecule has 478 valence electrons. The minimum absolute atomic E-state index is 0.195. The highest BCUT2D eigenvalue weighted by Gasteiger charge is 2.60. The molecule has 0 radical (unpaired) electrons. The Bertz CT molecular complexity index is 1780. The van der Waals surface area contributed by atoms with Crippen LogP contribution in [0.1, 0.15) is 194 Å². The molecule has 18 atom stereocenters. The number of aliphatic hydroxyl groups excluding tert-OH is 11. The minimum atomic E-state index is -3.08. The van der Waals surface area contributed by atoms with Crippen LogP contribution in [0.15, 0.2) is 24.3 Å². The van der Waals surface area contributed by atoms with Gasteiger partial charge in [-0.1, -0.05) is 154 Å². The molecule has 3 heterocycles. The third-order valence-corrected chi connectivity index (χ3v) is 15.6. The topological polar surface area (TPSA) is 373 Å². The molecule has 0 aliphatic carbocycles. The first-order valence-corrected chi connectivity index (χ1v) is 30.7. The summed E-state index contributed by atoms with van der Waals surface area (Å²) in [5.41, 5.74) is 0. The number of carboxylic acids is 1. The number of aliphatic hydroxyl groups is 11. The van der Waals surface area contributed by atoms with Crippen LogP contribution < -0.4 is 10.6 Å². The molecule has 2 amide bonds. The normalized spacial score (nSPS) is 30.3. The van der Waals surface area contributed by atoms with Crippen molar-refractivity contribution in [1.29, 1.82) is 0 Å². The first kappa shape index (κ1) is 73.5. The highest BCUT2D eigenvalue weighted by atomic mass is 16.8. The molecule has 0 bridgehead atoms. The molecule has 3 aliphatic rings. The molecular weight excluding hydrogens is 1070 g/mol. The molecule has 0 aromatic rings. The number of carbonyl (C=O) groups excluding carboxylic acids is 2. The summed E-state index contributed by atoms with van der Waals surface area (Å²) in [4.78, 5) is 38.4. The van der Waals surface area contributed by atoms with E-state index < -0.39 is 155 Å². The predicted octanol–water partition coefficient (Wildman–Crippen LogP) is 2.94. The van der Waals surface area contributed by atoms with Crippen LogP contribution in [-0.2, 0) is 42.8 Å². The van der Waals surface area contributed by atoms with Gasteiger partial charge >= 0.3 is 5.97 Å². The second kappa shape index (κ2) is 41.3. The lowest BCUT2D eigenvalue weighted by molar-refractivity contribution is -0.386. The van der Waals surface area contributed by atoms with Gasteiger partial charge < -0.3 is 100 Å². The lowest BCUT2D eigenvalue weighted by Crippen LogP contribution is -2.70. The van der Waals surface area contributed by atoms with E-state index >= 15 is 0 Å². The molecule has 0 aromatic carbocycles. The van der Waals surface area contributed by atoms with Gasteiger partial charge in [0.2, 0.25) is 11.8 Å².